The molecule has 13 heavy (non-hydrogen) atoms. The van der Waals surface area contributed by atoms with Gasteiger partial charge in [0.15, 0.2) is 0 Å². The Morgan fingerprint density at radius 1 is 1.54 bits per heavy atom. The molecule has 1 aliphatic heterocycles. The van der Waals surface area contributed by atoms with E-state index in [2.05, 4.69) is 12.2 Å². The Morgan fingerprint density at radius 2 is 2.23 bits per heavy atom. The third-order valence-corrected chi connectivity index (χ3v) is 2.71. The maximum atomic E-state index is 10.9. The van der Waals surface area contributed by atoms with Crippen molar-refractivity contribution >= 4 is 6.09 Å². The van der Waals surface area contributed by atoms with Crippen LogP contribution in [0.25, 0.3) is 0 Å². The Hall–Kier alpha value is -0.770. The zero-order valence-corrected chi connectivity index (χ0v) is 8.29. The van der Waals surface area contributed by atoms with Gasteiger partial charge in [-0.05, 0) is 12.8 Å². The molecule has 1 aliphatic rings. The van der Waals surface area contributed by atoms with Crippen LogP contribution in [0.5, 0.6) is 0 Å². The van der Waals surface area contributed by atoms with Gasteiger partial charge in [-0.1, -0.05) is 13.8 Å². The lowest BCUT2D eigenvalue weighted by molar-refractivity contribution is 0.0964. The molecule has 1 fully saturated rings. The van der Waals surface area contributed by atoms with Crippen molar-refractivity contribution in [3.63, 3.8) is 0 Å². The highest BCUT2D eigenvalue weighted by atomic mass is 16.4. The lowest BCUT2D eigenvalue weighted by atomic mass is 10.1. The molecule has 0 bridgehead atoms. The summed E-state index contributed by atoms with van der Waals surface area (Å²) in [4.78, 5) is 12.4. The Labute approximate surface area is 78.9 Å². The van der Waals surface area contributed by atoms with Crippen molar-refractivity contribution in [3.05, 3.63) is 0 Å². The van der Waals surface area contributed by atoms with Gasteiger partial charge in [0.05, 0.1) is 0 Å². The van der Waals surface area contributed by atoms with Crippen molar-refractivity contribution in [1.29, 1.82) is 0 Å². The first kappa shape index (κ1) is 10.3. The third kappa shape index (κ3) is 2.34. The van der Waals surface area contributed by atoms with Gasteiger partial charge in [0.1, 0.15) is 0 Å². The van der Waals surface area contributed by atoms with Crippen molar-refractivity contribution in [2.24, 2.45) is 0 Å². The second-order valence-corrected chi connectivity index (χ2v) is 3.51. The summed E-state index contributed by atoms with van der Waals surface area (Å²) in [5.41, 5.74) is 0. The van der Waals surface area contributed by atoms with E-state index in [1.54, 1.807) is 4.90 Å². The van der Waals surface area contributed by atoms with Crippen LogP contribution >= 0.6 is 0 Å². The summed E-state index contributed by atoms with van der Waals surface area (Å²) >= 11 is 0. The van der Waals surface area contributed by atoms with Crippen LogP contribution < -0.4 is 5.32 Å². The second kappa shape index (κ2) is 4.46. The third-order valence-electron chi connectivity index (χ3n) is 2.71. The van der Waals surface area contributed by atoms with E-state index in [9.17, 15) is 4.79 Å². The highest BCUT2D eigenvalue weighted by Crippen LogP contribution is 2.11. The molecule has 0 saturated carbocycles. The van der Waals surface area contributed by atoms with Gasteiger partial charge in [-0.3, -0.25) is 0 Å². The molecule has 0 aromatic rings. The van der Waals surface area contributed by atoms with Crippen LogP contribution in [0.15, 0.2) is 0 Å². The van der Waals surface area contributed by atoms with Crippen molar-refractivity contribution in [3.8, 4) is 0 Å². The quantitative estimate of drug-likeness (QED) is 0.679. The van der Waals surface area contributed by atoms with Crippen LogP contribution in [-0.2, 0) is 0 Å². The number of hydrogen-bond donors (Lipinski definition) is 2. The number of piperazine rings is 1. The molecule has 0 unspecified atom stereocenters. The average Bonchev–Trinajstić information content (AvgIpc) is 2.16. The van der Waals surface area contributed by atoms with Crippen molar-refractivity contribution in [2.75, 3.05) is 13.1 Å². The molecular formula is C9H18N2O2. The van der Waals surface area contributed by atoms with Crippen LogP contribution in [-0.4, -0.2) is 41.3 Å². The fourth-order valence-electron chi connectivity index (χ4n) is 1.74. The number of hydrogen-bond acceptors (Lipinski definition) is 2. The Bertz CT molecular complexity index is 184. The van der Waals surface area contributed by atoms with Gasteiger partial charge >= 0.3 is 6.09 Å². The van der Waals surface area contributed by atoms with E-state index < -0.39 is 6.09 Å². The maximum absolute atomic E-state index is 10.9. The predicted molar refractivity (Wildman–Crippen MR) is 50.9 cm³/mol. The van der Waals surface area contributed by atoms with E-state index >= 15 is 0 Å². The SMILES string of the molecule is CC[C@H]1CN(C(=O)O)[C@H](CC)CN1. The van der Waals surface area contributed by atoms with Gasteiger partial charge in [0.2, 0.25) is 0 Å². The van der Waals surface area contributed by atoms with Crippen molar-refractivity contribution in [2.45, 2.75) is 38.8 Å². The minimum atomic E-state index is -0.785. The monoisotopic (exact) mass is 186 g/mol. The smallest absolute Gasteiger partial charge is 0.407 e. The summed E-state index contributed by atoms with van der Waals surface area (Å²) in [5, 5.41) is 12.3. The van der Waals surface area contributed by atoms with Crippen LogP contribution in [0.3, 0.4) is 0 Å². The van der Waals surface area contributed by atoms with Gasteiger partial charge in [-0.15, -0.1) is 0 Å². The standard InChI is InChI=1S/C9H18N2O2/c1-3-7-6-11(9(12)13)8(4-2)5-10-7/h7-8,10H,3-6H2,1-2H3,(H,12,13)/t7-,8+/m0/s1. The Balaban J connectivity index is 2.57. The molecule has 2 atom stereocenters. The van der Waals surface area contributed by atoms with Gasteiger partial charge in [-0.2, -0.15) is 0 Å². The summed E-state index contributed by atoms with van der Waals surface area (Å²) in [6.45, 7) is 5.52. The fraction of sp³-hybridized carbons (Fsp3) is 0.889. The van der Waals surface area contributed by atoms with E-state index in [-0.39, 0.29) is 6.04 Å². The van der Waals surface area contributed by atoms with Crippen LogP contribution in [0.1, 0.15) is 26.7 Å². The minimum Gasteiger partial charge on any atom is -0.465 e. The molecule has 76 valence electrons. The average molecular weight is 186 g/mol. The number of rotatable bonds is 2. The summed E-state index contributed by atoms with van der Waals surface area (Å²) in [6.07, 6.45) is 1.09. The topological polar surface area (TPSA) is 52.6 Å². The van der Waals surface area contributed by atoms with Crippen LogP contribution in [0, 0.1) is 0 Å². The summed E-state index contributed by atoms with van der Waals surface area (Å²) in [6, 6.07) is 0.485. The first-order chi connectivity index (χ1) is 6.19. The summed E-state index contributed by atoms with van der Waals surface area (Å²) < 4.78 is 0. The zero-order chi connectivity index (χ0) is 9.84. The minimum absolute atomic E-state index is 0.153. The molecule has 2 N–H and O–H groups in total. The van der Waals surface area contributed by atoms with Gasteiger partial charge in [0.25, 0.3) is 0 Å². The van der Waals surface area contributed by atoms with E-state index in [1.165, 1.54) is 0 Å². The maximum Gasteiger partial charge on any atom is 0.407 e. The molecule has 4 nitrogen and oxygen atoms in total. The molecule has 1 saturated heterocycles. The molecule has 1 heterocycles. The van der Waals surface area contributed by atoms with Gasteiger partial charge in [0, 0.05) is 25.2 Å². The lowest BCUT2D eigenvalue weighted by Crippen LogP contribution is -2.57. The van der Waals surface area contributed by atoms with E-state index in [1.807, 2.05) is 6.92 Å². The number of nitrogens with one attached hydrogen (secondary N) is 1. The lowest BCUT2D eigenvalue weighted by Gasteiger charge is -2.38. The van der Waals surface area contributed by atoms with Crippen molar-refractivity contribution in [1.82, 2.24) is 10.2 Å². The molecule has 0 spiro atoms. The van der Waals surface area contributed by atoms with Crippen LogP contribution in [0.4, 0.5) is 4.79 Å². The fourth-order valence-corrected chi connectivity index (χ4v) is 1.74. The first-order valence-electron chi connectivity index (χ1n) is 4.92. The van der Waals surface area contributed by atoms with Gasteiger partial charge < -0.3 is 15.3 Å². The summed E-state index contributed by atoms with van der Waals surface area (Å²) in [5.74, 6) is 0. The molecule has 0 aromatic carbocycles. The Kier molecular flexibility index (Phi) is 3.54. The molecular weight excluding hydrogens is 168 g/mol. The number of amides is 1. The number of nitrogens with zero attached hydrogens (tertiary/aromatic N) is 1. The van der Waals surface area contributed by atoms with E-state index in [0.29, 0.717) is 12.6 Å². The largest absolute Gasteiger partial charge is 0.465 e. The molecule has 0 aliphatic carbocycles. The first-order valence-corrected chi connectivity index (χ1v) is 4.92. The van der Waals surface area contributed by atoms with E-state index in [4.69, 9.17) is 5.11 Å². The molecule has 1 amide bonds. The van der Waals surface area contributed by atoms with Gasteiger partial charge in [-0.25, -0.2) is 4.79 Å². The molecule has 0 radical (unpaired) electrons. The van der Waals surface area contributed by atoms with E-state index in [0.717, 1.165) is 19.4 Å². The molecule has 1 rings (SSSR count). The summed E-state index contributed by atoms with van der Waals surface area (Å²) in [7, 11) is 0. The predicted octanol–water partition coefficient (Wildman–Crippen LogP) is 1.13. The molecule has 0 aromatic heterocycles. The second-order valence-electron chi connectivity index (χ2n) is 3.51. The number of carbonyl (C=O) groups is 1. The normalized spacial score (nSPS) is 28.9. The highest BCUT2D eigenvalue weighted by Gasteiger charge is 2.28. The van der Waals surface area contributed by atoms with Crippen molar-refractivity contribution < 1.29 is 9.90 Å². The number of carboxylic acid groups (broad SMARTS) is 1. The zero-order valence-electron chi connectivity index (χ0n) is 8.29. The van der Waals surface area contributed by atoms with Crippen LogP contribution in [0.2, 0.25) is 0 Å². The highest BCUT2D eigenvalue weighted by molar-refractivity contribution is 5.65. The molecule has 4 heteroatoms. The Morgan fingerprint density at radius 3 is 2.69 bits per heavy atom.